The highest BCUT2D eigenvalue weighted by molar-refractivity contribution is 6.07. The number of hydrogen-bond acceptors (Lipinski definition) is 5. The Morgan fingerprint density at radius 1 is 0.958 bits per heavy atom. The minimum absolute atomic E-state index is 0.0765. The molecule has 0 unspecified atom stereocenters. The number of aryl methyl sites for hydroxylation is 1. The summed E-state index contributed by atoms with van der Waals surface area (Å²) in [5, 5.41) is 0. The van der Waals surface area contributed by atoms with Crippen LogP contribution >= 0.6 is 0 Å². The van der Waals surface area contributed by atoms with Gasteiger partial charge in [0.2, 0.25) is 0 Å². The molecule has 5 nitrogen and oxygen atoms in total. The third kappa shape index (κ3) is 3.85. The summed E-state index contributed by atoms with van der Waals surface area (Å²) in [5.74, 6) is -0.897. The molecule has 0 saturated heterocycles. The second kappa shape index (κ2) is 7.34. The highest BCUT2D eigenvalue weighted by atomic mass is 16.6. The van der Waals surface area contributed by atoms with Crippen LogP contribution < -0.4 is 0 Å². The first kappa shape index (κ1) is 17.8. The fourth-order valence-corrected chi connectivity index (χ4v) is 2.29. The molecule has 5 heteroatoms. The van der Waals surface area contributed by atoms with Crippen molar-refractivity contribution in [3.05, 3.63) is 47.2 Å². The molecule has 24 heavy (non-hydrogen) atoms. The van der Waals surface area contributed by atoms with Crippen LogP contribution in [0.5, 0.6) is 0 Å². The van der Waals surface area contributed by atoms with Crippen molar-refractivity contribution in [1.82, 2.24) is 0 Å². The first-order valence-electron chi connectivity index (χ1n) is 7.90. The maximum Gasteiger partial charge on any atom is 0.343 e. The zero-order valence-electron chi connectivity index (χ0n) is 14.6. The second-order valence-electron chi connectivity index (χ2n) is 6.08. The summed E-state index contributed by atoms with van der Waals surface area (Å²) in [6, 6.07) is 7.47. The predicted molar refractivity (Wildman–Crippen MR) is 90.0 cm³/mol. The standard InChI is InChI=1S/C19H22O5/c1-11(2)23-18(20)15-10-22-17(14-9-7-6-8-13(14)5)16(15)19(21)24-12(3)4/h6-12H,1-5H3. The molecule has 0 aliphatic carbocycles. The molecular formula is C19H22O5. The van der Waals surface area contributed by atoms with E-state index in [1.165, 1.54) is 6.26 Å². The van der Waals surface area contributed by atoms with Gasteiger partial charge in [0.15, 0.2) is 0 Å². The lowest BCUT2D eigenvalue weighted by Crippen LogP contribution is -2.18. The number of carbonyl (C=O) groups excluding carboxylic acids is 2. The van der Waals surface area contributed by atoms with Crippen molar-refractivity contribution in [2.24, 2.45) is 0 Å². The van der Waals surface area contributed by atoms with Crippen LogP contribution in [0.2, 0.25) is 0 Å². The minimum atomic E-state index is -0.607. The Labute approximate surface area is 141 Å². The van der Waals surface area contributed by atoms with Gasteiger partial charge in [-0.05, 0) is 40.2 Å². The Hall–Kier alpha value is -2.56. The molecule has 0 aliphatic heterocycles. The molecule has 0 radical (unpaired) electrons. The molecule has 0 saturated carbocycles. The zero-order valence-corrected chi connectivity index (χ0v) is 14.6. The molecule has 0 atom stereocenters. The molecule has 1 aromatic heterocycles. The summed E-state index contributed by atoms with van der Waals surface area (Å²) in [7, 11) is 0. The lowest BCUT2D eigenvalue weighted by molar-refractivity contribution is 0.0330. The Morgan fingerprint density at radius 2 is 1.54 bits per heavy atom. The van der Waals surface area contributed by atoms with Gasteiger partial charge in [0, 0.05) is 5.56 Å². The first-order valence-corrected chi connectivity index (χ1v) is 7.90. The largest absolute Gasteiger partial charge is 0.462 e. The van der Waals surface area contributed by atoms with Gasteiger partial charge in [-0.2, -0.15) is 0 Å². The van der Waals surface area contributed by atoms with E-state index in [4.69, 9.17) is 13.9 Å². The van der Waals surface area contributed by atoms with Gasteiger partial charge >= 0.3 is 11.9 Å². The maximum atomic E-state index is 12.5. The van der Waals surface area contributed by atoms with Gasteiger partial charge < -0.3 is 13.9 Å². The molecule has 128 valence electrons. The molecule has 1 heterocycles. The minimum Gasteiger partial charge on any atom is -0.462 e. The van der Waals surface area contributed by atoms with E-state index >= 15 is 0 Å². The summed E-state index contributed by atoms with van der Waals surface area (Å²) in [5.41, 5.74) is 1.84. The first-order chi connectivity index (χ1) is 11.3. The summed E-state index contributed by atoms with van der Waals surface area (Å²) >= 11 is 0. The summed E-state index contributed by atoms with van der Waals surface area (Å²) in [6.45, 7) is 8.88. The van der Waals surface area contributed by atoms with Crippen LogP contribution in [0.15, 0.2) is 34.9 Å². The normalized spacial score (nSPS) is 11.0. The number of furan rings is 1. The van der Waals surface area contributed by atoms with Crippen LogP contribution in [-0.2, 0) is 9.47 Å². The second-order valence-corrected chi connectivity index (χ2v) is 6.08. The highest BCUT2D eigenvalue weighted by Crippen LogP contribution is 2.32. The van der Waals surface area contributed by atoms with E-state index in [2.05, 4.69) is 0 Å². The van der Waals surface area contributed by atoms with Crippen LogP contribution in [0.4, 0.5) is 0 Å². The summed E-state index contributed by atoms with van der Waals surface area (Å²) < 4.78 is 16.1. The Morgan fingerprint density at radius 3 is 2.12 bits per heavy atom. The van der Waals surface area contributed by atoms with E-state index in [1.807, 2.05) is 31.2 Å². The average molecular weight is 330 g/mol. The molecular weight excluding hydrogens is 308 g/mol. The Kier molecular flexibility index (Phi) is 5.44. The number of ether oxygens (including phenoxy) is 2. The van der Waals surface area contributed by atoms with E-state index in [-0.39, 0.29) is 23.3 Å². The Balaban J connectivity index is 2.56. The number of carbonyl (C=O) groups is 2. The van der Waals surface area contributed by atoms with Crippen molar-refractivity contribution >= 4 is 11.9 Å². The predicted octanol–water partition coefficient (Wildman–Crippen LogP) is 4.39. The fraction of sp³-hybridized carbons (Fsp3) is 0.368. The van der Waals surface area contributed by atoms with Gasteiger partial charge in [0.1, 0.15) is 23.2 Å². The van der Waals surface area contributed by atoms with Crippen LogP contribution in [0.25, 0.3) is 11.3 Å². The van der Waals surface area contributed by atoms with Crippen molar-refractivity contribution in [2.75, 3.05) is 0 Å². The number of rotatable bonds is 5. The summed E-state index contributed by atoms with van der Waals surface area (Å²) in [6.07, 6.45) is 0.637. The van der Waals surface area contributed by atoms with E-state index in [1.54, 1.807) is 27.7 Å². The molecule has 0 fully saturated rings. The molecule has 0 aliphatic rings. The van der Waals surface area contributed by atoms with Crippen LogP contribution in [0.1, 0.15) is 54.0 Å². The molecule has 0 amide bonds. The van der Waals surface area contributed by atoms with Crippen molar-refractivity contribution in [2.45, 2.75) is 46.8 Å². The monoisotopic (exact) mass is 330 g/mol. The molecule has 0 bridgehead atoms. The summed E-state index contributed by atoms with van der Waals surface area (Å²) in [4.78, 5) is 24.8. The van der Waals surface area contributed by atoms with Crippen molar-refractivity contribution in [3.63, 3.8) is 0 Å². The zero-order chi connectivity index (χ0) is 17.9. The molecule has 2 aromatic rings. The van der Waals surface area contributed by atoms with Crippen molar-refractivity contribution in [3.8, 4) is 11.3 Å². The molecule has 1 aromatic carbocycles. The molecule has 2 rings (SSSR count). The highest BCUT2D eigenvalue weighted by Gasteiger charge is 2.29. The van der Waals surface area contributed by atoms with E-state index in [0.29, 0.717) is 5.76 Å². The number of esters is 2. The van der Waals surface area contributed by atoms with Gasteiger partial charge in [-0.3, -0.25) is 0 Å². The molecule has 0 N–H and O–H groups in total. The van der Waals surface area contributed by atoms with Gasteiger partial charge in [-0.25, -0.2) is 9.59 Å². The van der Waals surface area contributed by atoms with Crippen LogP contribution in [0, 0.1) is 6.92 Å². The lowest BCUT2D eigenvalue weighted by Gasteiger charge is -2.11. The SMILES string of the molecule is Cc1ccccc1-c1occ(C(=O)OC(C)C)c1C(=O)OC(C)C. The van der Waals surface area contributed by atoms with Crippen molar-refractivity contribution in [1.29, 1.82) is 0 Å². The van der Waals surface area contributed by atoms with Gasteiger partial charge in [-0.15, -0.1) is 0 Å². The number of benzene rings is 1. The van der Waals surface area contributed by atoms with E-state index < -0.39 is 11.9 Å². The van der Waals surface area contributed by atoms with Gasteiger partial charge in [-0.1, -0.05) is 24.3 Å². The Bertz CT molecular complexity index is 740. The average Bonchev–Trinajstić information content (AvgIpc) is 2.91. The van der Waals surface area contributed by atoms with Gasteiger partial charge in [0.05, 0.1) is 12.2 Å². The van der Waals surface area contributed by atoms with Crippen molar-refractivity contribution < 1.29 is 23.5 Å². The molecule has 0 spiro atoms. The van der Waals surface area contributed by atoms with Gasteiger partial charge in [0.25, 0.3) is 0 Å². The lowest BCUT2D eigenvalue weighted by atomic mass is 10.0. The van der Waals surface area contributed by atoms with Crippen LogP contribution in [0.3, 0.4) is 0 Å². The van der Waals surface area contributed by atoms with Crippen LogP contribution in [-0.4, -0.2) is 24.1 Å². The van der Waals surface area contributed by atoms with E-state index in [9.17, 15) is 9.59 Å². The quantitative estimate of drug-likeness (QED) is 0.761. The third-order valence-electron chi connectivity index (χ3n) is 3.29. The smallest absolute Gasteiger partial charge is 0.343 e. The third-order valence-corrected chi connectivity index (χ3v) is 3.29. The fourth-order valence-electron chi connectivity index (χ4n) is 2.29. The van der Waals surface area contributed by atoms with E-state index in [0.717, 1.165) is 11.1 Å². The topological polar surface area (TPSA) is 65.7 Å². The maximum absolute atomic E-state index is 12.5. The number of hydrogen-bond donors (Lipinski definition) is 0.